The fourth-order valence-corrected chi connectivity index (χ4v) is 1.50. The van der Waals surface area contributed by atoms with Crippen molar-refractivity contribution in [2.24, 2.45) is 0 Å². The molecule has 3 heteroatoms. The molecule has 90 valence electrons. The second kappa shape index (κ2) is 5.19. The minimum absolute atomic E-state index is 0.159. The maximum absolute atomic E-state index is 4.27. The van der Waals surface area contributed by atoms with Crippen molar-refractivity contribution in [1.29, 1.82) is 0 Å². The lowest BCUT2D eigenvalue weighted by Gasteiger charge is -2.36. The molecule has 16 heavy (non-hydrogen) atoms. The number of anilines is 2. The Morgan fingerprint density at radius 3 is 2.56 bits per heavy atom. The second-order valence-corrected chi connectivity index (χ2v) is 4.69. The van der Waals surface area contributed by atoms with E-state index in [9.17, 15) is 0 Å². The molecular formula is C13H23N3. The van der Waals surface area contributed by atoms with Crippen LogP contribution in [0.4, 0.5) is 11.4 Å². The van der Waals surface area contributed by atoms with Crippen molar-refractivity contribution < 1.29 is 0 Å². The Morgan fingerprint density at radius 2 is 2.00 bits per heavy atom. The summed E-state index contributed by atoms with van der Waals surface area (Å²) in [5.74, 6) is 0. The Bertz CT molecular complexity index is 334. The van der Waals surface area contributed by atoms with Gasteiger partial charge in [-0.25, -0.2) is 0 Å². The molecule has 1 N–H and O–H groups in total. The fourth-order valence-electron chi connectivity index (χ4n) is 1.50. The molecule has 1 aromatic heterocycles. The molecule has 0 amide bonds. The number of nitrogens with one attached hydrogen (secondary N) is 1. The lowest BCUT2D eigenvalue weighted by atomic mass is 9.99. The first-order valence-corrected chi connectivity index (χ1v) is 5.94. The third-order valence-corrected chi connectivity index (χ3v) is 3.27. The highest BCUT2D eigenvalue weighted by molar-refractivity contribution is 5.56. The summed E-state index contributed by atoms with van der Waals surface area (Å²) in [6.07, 6.45) is 4.88. The van der Waals surface area contributed by atoms with Crippen molar-refractivity contribution in [3.8, 4) is 0 Å². The largest absolute Gasteiger partial charge is 0.384 e. The number of aromatic nitrogens is 1. The molecule has 0 saturated carbocycles. The van der Waals surface area contributed by atoms with Gasteiger partial charge in [0.2, 0.25) is 0 Å². The van der Waals surface area contributed by atoms with E-state index in [-0.39, 0.29) is 5.54 Å². The summed E-state index contributed by atoms with van der Waals surface area (Å²) < 4.78 is 0. The van der Waals surface area contributed by atoms with E-state index in [1.807, 2.05) is 12.4 Å². The van der Waals surface area contributed by atoms with Crippen molar-refractivity contribution in [2.45, 2.75) is 39.7 Å². The molecule has 0 aromatic carbocycles. The summed E-state index contributed by atoms with van der Waals surface area (Å²) in [6, 6.07) is 2.15. The molecule has 0 fully saturated rings. The van der Waals surface area contributed by atoms with Crippen LogP contribution in [0.25, 0.3) is 0 Å². The van der Waals surface area contributed by atoms with Gasteiger partial charge in [0, 0.05) is 19.1 Å². The topological polar surface area (TPSA) is 28.2 Å². The Labute approximate surface area is 98.9 Å². The molecule has 0 saturated heterocycles. The molecule has 1 rings (SSSR count). The van der Waals surface area contributed by atoms with Crippen molar-refractivity contribution in [3.05, 3.63) is 18.5 Å². The van der Waals surface area contributed by atoms with Gasteiger partial charge in [-0.2, -0.15) is 0 Å². The molecular weight excluding hydrogens is 198 g/mol. The minimum Gasteiger partial charge on any atom is -0.384 e. The van der Waals surface area contributed by atoms with Gasteiger partial charge in [-0.1, -0.05) is 6.92 Å². The SMILES string of the molecule is CCNc1cncc(N(C)C(C)(C)CC)c1. The van der Waals surface area contributed by atoms with Crippen LogP contribution in [0.1, 0.15) is 34.1 Å². The van der Waals surface area contributed by atoms with Gasteiger partial charge in [-0.05, 0) is 33.3 Å². The van der Waals surface area contributed by atoms with E-state index in [0.717, 1.165) is 24.3 Å². The summed E-state index contributed by atoms with van der Waals surface area (Å²) in [5.41, 5.74) is 2.40. The van der Waals surface area contributed by atoms with Gasteiger partial charge in [-0.15, -0.1) is 0 Å². The highest BCUT2D eigenvalue weighted by Gasteiger charge is 2.21. The maximum Gasteiger partial charge on any atom is 0.0575 e. The molecule has 0 aliphatic heterocycles. The van der Waals surface area contributed by atoms with E-state index in [4.69, 9.17) is 0 Å². The Hall–Kier alpha value is -1.25. The number of nitrogens with zero attached hydrogens (tertiary/aromatic N) is 2. The van der Waals surface area contributed by atoms with Gasteiger partial charge < -0.3 is 10.2 Å². The van der Waals surface area contributed by atoms with Gasteiger partial charge in [0.05, 0.1) is 23.8 Å². The maximum atomic E-state index is 4.27. The molecule has 0 bridgehead atoms. The van der Waals surface area contributed by atoms with Crippen molar-refractivity contribution in [2.75, 3.05) is 23.8 Å². The number of rotatable bonds is 5. The predicted octanol–water partition coefficient (Wildman–Crippen LogP) is 3.14. The Balaban J connectivity index is 2.91. The van der Waals surface area contributed by atoms with E-state index in [2.05, 4.69) is 56.0 Å². The summed E-state index contributed by atoms with van der Waals surface area (Å²) >= 11 is 0. The molecule has 0 atom stereocenters. The number of pyridine rings is 1. The van der Waals surface area contributed by atoms with Gasteiger partial charge in [0.25, 0.3) is 0 Å². The minimum atomic E-state index is 0.159. The van der Waals surface area contributed by atoms with Crippen LogP contribution in [0.5, 0.6) is 0 Å². The molecule has 1 aromatic rings. The smallest absolute Gasteiger partial charge is 0.0575 e. The van der Waals surface area contributed by atoms with Gasteiger partial charge in [-0.3, -0.25) is 4.98 Å². The standard InChI is InChI=1S/C13H23N3/c1-6-13(3,4)16(5)12-8-11(15-7-2)9-14-10-12/h8-10,15H,6-7H2,1-5H3. The zero-order valence-electron chi connectivity index (χ0n) is 11.0. The van der Waals surface area contributed by atoms with E-state index in [1.54, 1.807) is 0 Å². The van der Waals surface area contributed by atoms with Gasteiger partial charge >= 0.3 is 0 Å². The van der Waals surface area contributed by atoms with Crippen LogP contribution < -0.4 is 10.2 Å². The first kappa shape index (κ1) is 12.8. The second-order valence-electron chi connectivity index (χ2n) is 4.69. The molecule has 0 aliphatic carbocycles. The van der Waals surface area contributed by atoms with Crippen molar-refractivity contribution in [1.82, 2.24) is 4.98 Å². The van der Waals surface area contributed by atoms with Crippen LogP contribution in [0.2, 0.25) is 0 Å². The predicted molar refractivity (Wildman–Crippen MR) is 71.2 cm³/mol. The normalized spacial score (nSPS) is 11.3. The van der Waals surface area contributed by atoms with Gasteiger partial charge in [0.1, 0.15) is 0 Å². The summed E-state index contributed by atoms with van der Waals surface area (Å²) in [5, 5.41) is 3.28. The van der Waals surface area contributed by atoms with Crippen LogP contribution in [0, 0.1) is 0 Å². The number of hydrogen-bond donors (Lipinski definition) is 1. The van der Waals surface area contributed by atoms with E-state index in [0.29, 0.717) is 0 Å². The van der Waals surface area contributed by atoms with Crippen LogP contribution in [-0.4, -0.2) is 24.1 Å². The van der Waals surface area contributed by atoms with E-state index in [1.165, 1.54) is 0 Å². The van der Waals surface area contributed by atoms with Crippen LogP contribution >= 0.6 is 0 Å². The van der Waals surface area contributed by atoms with Crippen LogP contribution in [0.3, 0.4) is 0 Å². The average molecular weight is 221 g/mol. The summed E-state index contributed by atoms with van der Waals surface area (Å²) in [7, 11) is 2.12. The van der Waals surface area contributed by atoms with Crippen molar-refractivity contribution >= 4 is 11.4 Å². The monoisotopic (exact) mass is 221 g/mol. The third-order valence-electron chi connectivity index (χ3n) is 3.27. The van der Waals surface area contributed by atoms with Crippen LogP contribution in [-0.2, 0) is 0 Å². The molecule has 1 heterocycles. The molecule has 0 aliphatic rings. The Morgan fingerprint density at radius 1 is 1.31 bits per heavy atom. The summed E-state index contributed by atoms with van der Waals surface area (Å²) in [4.78, 5) is 6.55. The highest BCUT2D eigenvalue weighted by atomic mass is 15.2. The van der Waals surface area contributed by atoms with Crippen LogP contribution in [0.15, 0.2) is 18.5 Å². The first-order chi connectivity index (χ1) is 7.51. The van der Waals surface area contributed by atoms with E-state index < -0.39 is 0 Å². The summed E-state index contributed by atoms with van der Waals surface area (Å²) in [6.45, 7) is 9.70. The average Bonchev–Trinajstić information content (AvgIpc) is 2.29. The zero-order valence-corrected chi connectivity index (χ0v) is 11.0. The van der Waals surface area contributed by atoms with E-state index >= 15 is 0 Å². The molecule has 0 radical (unpaired) electrons. The molecule has 0 unspecified atom stereocenters. The Kier molecular flexibility index (Phi) is 4.16. The lowest BCUT2D eigenvalue weighted by Crippen LogP contribution is -2.40. The molecule has 0 spiro atoms. The number of hydrogen-bond acceptors (Lipinski definition) is 3. The first-order valence-electron chi connectivity index (χ1n) is 5.94. The quantitative estimate of drug-likeness (QED) is 0.828. The fraction of sp³-hybridized carbons (Fsp3) is 0.615. The van der Waals surface area contributed by atoms with Gasteiger partial charge in [0.15, 0.2) is 0 Å². The molecule has 3 nitrogen and oxygen atoms in total. The highest BCUT2D eigenvalue weighted by Crippen LogP contribution is 2.25. The third kappa shape index (κ3) is 2.87. The zero-order chi connectivity index (χ0) is 12.2. The lowest BCUT2D eigenvalue weighted by molar-refractivity contribution is 0.470. The van der Waals surface area contributed by atoms with Crippen molar-refractivity contribution in [3.63, 3.8) is 0 Å².